The van der Waals surface area contributed by atoms with Gasteiger partial charge in [0.15, 0.2) is 0 Å². The number of piperidine rings is 1. The van der Waals surface area contributed by atoms with Gasteiger partial charge in [-0.2, -0.15) is 0 Å². The van der Waals surface area contributed by atoms with Gasteiger partial charge in [0.1, 0.15) is 0 Å². The van der Waals surface area contributed by atoms with E-state index < -0.39 is 5.41 Å². The van der Waals surface area contributed by atoms with Crippen molar-refractivity contribution in [1.29, 1.82) is 0 Å². The molecule has 1 aromatic carbocycles. The van der Waals surface area contributed by atoms with Gasteiger partial charge in [0.25, 0.3) is 0 Å². The molecule has 1 saturated heterocycles. The van der Waals surface area contributed by atoms with E-state index in [1.54, 1.807) is 7.11 Å². The third-order valence-electron chi connectivity index (χ3n) is 4.96. The monoisotopic (exact) mass is 329 g/mol. The molecule has 5 nitrogen and oxygen atoms in total. The maximum absolute atomic E-state index is 12.9. The Morgan fingerprint density at radius 1 is 1.33 bits per heavy atom. The van der Waals surface area contributed by atoms with Crippen molar-refractivity contribution >= 4 is 22.5 Å². The fourth-order valence-electron chi connectivity index (χ4n) is 3.58. The quantitative estimate of drug-likeness (QED) is 0.856. The molecule has 0 spiro atoms. The second-order valence-electron chi connectivity index (χ2n) is 6.70. The van der Waals surface area contributed by atoms with Gasteiger partial charge in [-0.25, -0.2) is 0 Å². The molecule has 0 unspecified atom stereocenters. The average molecular weight is 329 g/mol. The Labute approximate surface area is 143 Å². The van der Waals surface area contributed by atoms with Crippen LogP contribution in [-0.4, -0.2) is 37.3 Å². The van der Waals surface area contributed by atoms with E-state index in [4.69, 9.17) is 4.74 Å². The Bertz CT molecular complexity index is 696. The van der Waals surface area contributed by atoms with Crippen LogP contribution in [0.15, 0.2) is 30.5 Å². The van der Waals surface area contributed by atoms with E-state index in [2.05, 4.69) is 46.5 Å². The molecule has 0 saturated carbocycles. The first-order valence-electron chi connectivity index (χ1n) is 8.78. The highest BCUT2D eigenvalue weighted by Crippen LogP contribution is 2.31. The maximum atomic E-state index is 12.9. The molecular weight excluding hydrogens is 302 g/mol. The predicted octanol–water partition coefficient (Wildman–Crippen LogP) is 3.01. The zero-order valence-electron chi connectivity index (χ0n) is 14.6. The summed E-state index contributed by atoms with van der Waals surface area (Å²) in [7, 11) is 1.67. The lowest BCUT2D eigenvalue weighted by molar-refractivity contribution is -0.130. The first kappa shape index (κ1) is 17.0. The molecule has 3 rings (SSSR count). The Kier molecular flexibility index (Phi) is 5.21. The first-order valence-corrected chi connectivity index (χ1v) is 8.78. The fourth-order valence-corrected chi connectivity index (χ4v) is 3.58. The van der Waals surface area contributed by atoms with Gasteiger partial charge in [0.2, 0.25) is 5.91 Å². The van der Waals surface area contributed by atoms with Crippen LogP contribution >= 0.6 is 0 Å². The highest BCUT2D eigenvalue weighted by Gasteiger charge is 2.39. The lowest BCUT2D eigenvalue weighted by Crippen LogP contribution is -2.47. The molecule has 1 amide bonds. The number of aryl methyl sites for hydroxylation is 1. The zero-order chi connectivity index (χ0) is 17.0. The number of anilines is 1. The van der Waals surface area contributed by atoms with Gasteiger partial charge >= 0.3 is 0 Å². The number of aromatic nitrogens is 1. The van der Waals surface area contributed by atoms with E-state index in [0.717, 1.165) is 44.6 Å². The van der Waals surface area contributed by atoms with E-state index in [-0.39, 0.29) is 5.91 Å². The summed E-state index contributed by atoms with van der Waals surface area (Å²) in [4.78, 5) is 12.9. The Morgan fingerprint density at radius 2 is 2.12 bits per heavy atom. The number of nitrogens with one attached hydrogen (secondary N) is 2. The van der Waals surface area contributed by atoms with Gasteiger partial charge in [0.05, 0.1) is 17.5 Å². The van der Waals surface area contributed by atoms with Gasteiger partial charge in [-0.15, -0.1) is 0 Å². The summed E-state index contributed by atoms with van der Waals surface area (Å²) < 4.78 is 7.60. The zero-order valence-corrected chi connectivity index (χ0v) is 14.6. The summed E-state index contributed by atoms with van der Waals surface area (Å²) in [5, 5.41) is 7.65. The first-order chi connectivity index (χ1) is 11.7. The summed E-state index contributed by atoms with van der Waals surface area (Å²) in [6.45, 7) is 5.34. The van der Waals surface area contributed by atoms with Gasteiger partial charge in [-0.3, -0.25) is 4.79 Å². The number of nitrogens with zero attached hydrogens (tertiary/aromatic N) is 1. The molecule has 0 bridgehead atoms. The molecule has 2 aromatic rings. The summed E-state index contributed by atoms with van der Waals surface area (Å²) in [5.41, 5.74) is 1.60. The summed E-state index contributed by atoms with van der Waals surface area (Å²) in [6.07, 6.45) is 4.81. The fraction of sp³-hybridized carbons (Fsp3) is 0.526. The van der Waals surface area contributed by atoms with Crippen LogP contribution in [0.3, 0.4) is 0 Å². The van der Waals surface area contributed by atoms with E-state index in [0.29, 0.717) is 6.61 Å². The summed E-state index contributed by atoms with van der Waals surface area (Å²) in [6, 6.07) is 8.25. The number of carbonyl (C=O) groups is 1. The van der Waals surface area contributed by atoms with E-state index in [9.17, 15) is 4.79 Å². The van der Waals surface area contributed by atoms with Crippen molar-refractivity contribution in [2.45, 2.75) is 32.7 Å². The van der Waals surface area contributed by atoms with E-state index >= 15 is 0 Å². The van der Waals surface area contributed by atoms with Gasteiger partial charge < -0.3 is 19.9 Å². The SMILES string of the molecule is CCCn1ccc2ccc(NC(=O)C3(COC)CCNCC3)cc21. The second-order valence-corrected chi connectivity index (χ2v) is 6.70. The summed E-state index contributed by atoms with van der Waals surface area (Å²) in [5.74, 6) is 0.0683. The maximum Gasteiger partial charge on any atom is 0.233 e. The highest BCUT2D eigenvalue weighted by molar-refractivity contribution is 5.97. The number of amides is 1. The number of rotatable bonds is 6. The molecule has 2 heterocycles. The van der Waals surface area contributed by atoms with Crippen LogP contribution in [0.2, 0.25) is 0 Å². The molecule has 1 aliphatic heterocycles. The molecule has 1 fully saturated rings. The highest BCUT2D eigenvalue weighted by atomic mass is 16.5. The largest absolute Gasteiger partial charge is 0.384 e. The second kappa shape index (κ2) is 7.36. The van der Waals surface area contributed by atoms with Crippen molar-refractivity contribution in [2.75, 3.05) is 32.1 Å². The van der Waals surface area contributed by atoms with Crippen LogP contribution in [0.5, 0.6) is 0 Å². The third kappa shape index (κ3) is 3.32. The normalized spacial score (nSPS) is 17.1. The number of fused-ring (bicyclic) bond motifs is 1. The molecule has 5 heteroatoms. The molecule has 1 aromatic heterocycles. The van der Waals surface area contributed by atoms with Crippen LogP contribution in [0.25, 0.3) is 10.9 Å². The lowest BCUT2D eigenvalue weighted by atomic mass is 9.78. The Hall–Kier alpha value is -1.85. The van der Waals surface area contributed by atoms with Crippen molar-refractivity contribution in [3.8, 4) is 0 Å². The lowest BCUT2D eigenvalue weighted by Gasteiger charge is -2.35. The number of hydrogen-bond acceptors (Lipinski definition) is 3. The minimum atomic E-state index is -0.430. The van der Waals surface area contributed by atoms with Crippen LogP contribution in [-0.2, 0) is 16.1 Å². The van der Waals surface area contributed by atoms with Crippen molar-refractivity contribution in [1.82, 2.24) is 9.88 Å². The van der Waals surface area contributed by atoms with Crippen molar-refractivity contribution in [2.24, 2.45) is 5.41 Å². The molecule has 0 aliphatic carbocycles. The van der Waals surface area contributed by atoms with Crippen molar-refractivity contribution in [3.05, 3.63) is 30.5 Å². The molecule has 0 radical (unpaired) electrons. The van der Waals surface area contributed by atoms with Crippen LogP contribution in [0.1, 0.15) is 26.2 Å². The molecule has 1 aliphatic rings. The smallest absolute Gasteiger partial charge is 0.233 e. The minimum Gasteiger partial charge on any atom is -0.384 e. The number of hydrogen-bond donors (Lipinski definition) is 2. The number of methoxy groups -OCH3 is 1. The molecular formula is C19H27N3O2. The van der Waals surface area contributed by atoms with Gasteiger partial charge in [-0.05, 0) is 55.9 Å². The van der Waals surface area contributed by atoms with E-state index in [1.165, 1.54) is 10.9 Å². The number of carbonyl (C=O) groups excluding carboxylic acids is 1. The van der Waals surface area contributed by atoms with Gasteiger partial charge in [-0.1, -0.05) is 13.0 Å². The van der Waals surface area contributed by atoms with Crippen molar-refractivity contribution in [3.63, 3.8) is 0 Å². The average Bonchev–Trinajstić information content (AvgIpc) is 2.99. The topological polar surface area (TPSA) is 55.3 Å². The third-order valence-corrected chi connectivity index (χ3v) is 4.96. The number of benzene rings is 1. The van der Waals surface area contributed by atoms with Crippen LogP contribution in [0.4, 0.5) is 5.69 Å². The van der Waals surface area contributed by atoms with Gasteiger partial charge in [0, 0.05) is 25.5 Å². The predicted molar refractivity (Wildman–Crippen MR) is 97.3 cm³/mol. The van der Waals surface area contributed by atoms with E-state index in [1.807, 2.05) is 6.07 Å². The molecule has 2 N–H and O–H groups in total. The van der Waals surface area contributed by atoms with Crippen LogP contribution < -0.4 is 10.6 Å². The van der Waals surface area contributed by atoms with Crippen molar-refractivity contribution < 1.29 is 9.53 Å². The van der Waals surface area contributed by atoms with Crippen LogP contribution in [0, 0.1) is 5.41 Å². The molecule has 24 heavy (non-hydrogen) atoms. The summed E-state index contributed by atoms with van der Waals surface area (Å²) >= 11 is 0. The molecule has 0 atom stereocenters. The standard InChI is InChI=1S/C19H27N3O2/c1-3-11-22-12-6-15-4-5-16(13-17(15)22)21-18(23)19(14-24-2)7-9-20-10-8-19/h4-6,12-13,20H,3,7-11,14H2,1-2H3,(H,21,23). The minimum absolute atomic E-state index is 0.0683. The molecule has 130 valence electrons. The Morgan fingerprint density at radius 3 is 2.83 bits per heavy atom. The number of ether oxygens (including phenoxy) is 1. The Balaban J connectivity index is 1.82.